The van der Waals surface area contributed by atoms with Gasteiger partial charge in [-0.3, -0.25) is 4.90 Å². The van der Waals surface area contributed by atoms with E-state index in [2.05, 4.69) is 58.3 Å². The minimum absolute atomic E-state index is 0.363. The number of hydrogen-bond donors (Lipinski definition) is 1. The van der Waals surface area contributed by atoms with Crippen LogP contribution in [0.3, 0.4) is 0 Å². The van der Waals surface area contributed by atoms with E-state index in [0.29, 0.717) is 12.0 Å². The van der Waals surface area contributed by atoms with Gasteiger partial charge in [-0.2, -0.15) is 0 Å². The van der Waals surface area contributed by atoms with Crippen LogP contribution in [0.25, 0.3) is 10.9 Å². The number of para-hydroxylation sites is 1. The maximum atomic E-state index is 4.87. The summed E-state index contributed by atoms with van der Waals surface area (Å²) in [5, 5.41) is 9.34. The molecule has 1 N–H and O–H groups in total. The summed E-state index contributed by atoms with van der Waals surface area (Å²) in [4.78, 5) is 6.17. The van der Waals surface area contributed by atoms with Crippen LogP contribution in [-0.2, 0) is 13.0 Å². The molecule has 0 spiro atoms. The van der Waals surface area contributed by atoms with Gasteiger partial charge >= 0.3 is 0 Å². The number of aromatic nitrogens is 3. The van der Waals surface area contributed by atoms with E-state index < -0.39 is 0 Å². The highest BCUT2D eigenvalue weighted by molar-refractivity contribution is 5.85. The summed E-state index contributed by atoms with van der Waals surface area (Å²) < 4.78 is 4.87. The number of nitrogens with one attached hydrogen (secondary N) is 1. The van der Waals surface area contributed by atoms with E-state index in [1.807, 2.05) is 6.92 Å². The van der Waals surface area contributed by atoms with Crippen LogP contribution in [0.5, 0.6) is 0 Å². The molecule has 1 unspecified atom stereocenters. The van der Waals surface area contributed by atoms with Crippen LogP contribution in [0, 0.1) is 12.8 Å². The molecule has 1 atom stereocenters. The van der Waals surface area contributed by atoms with Gasteiger partial charge in [0.1, 0.15) is 11.4 Å². The van der Waals surface area contributed by atoms with Gasteiger partial charge in [-0.25, -0.2) is 4.63 Å². The summed E-state index contributed by atoms with van der Waals surface area (Å²) in [5.74, 6) is 0.516. The Kier molecular flexibility index (Phi) is 3.45. The van der Waals surface area contributed by atoms with Crippen molar-refractivity contribution in [3.05, 3.63) is 46.9 Å². The SMILES string of the molecule is Cc1nonc1CN1CCc2c([nH]c3ccccc23)C1C(C)C. The number of rotatable bonds is 3. The molecule has 1 aromatic carbocycles. The largest absolute Gasteiger partial charge is 0.357 e. The van der Waals surface area contributed by atoms with Gasteiger partial charge in [0.25, 0.3) is 0 Å². The summed E-state index contributed by atoms with van der Waals surface area (Å²) >= 11 is 0. The van der Waals surface area contributed by atoms with E-state index in [1.54, 1.807) is 0 Å². The first-order valence-electron chi connectivity index (χ1n) is 8.26. The van der Waals surface area contributed by atoms with E-state index in [9.17, 15) is 0 Å². The van der Waals surface area contributed by atoms with Gasteiger partial charge in [-0.1, -0.05) is 42.4 Å². The fourth-order valence-corrected chi connectivity index (χ4v) is 3.84. The Hall–Kier alpha value is -2.14. The minimum Gasteiger partial charge on any atom is -0.357 e. The van der Waals surface area contributed by atoms with Crippen molar-refractivity contribution in [2.75, 3.05) is 6.54 Å². The number of hydrogen-bond acceptors (Lipinski definition) is 4. The Labute approximate surface area is 135 Å². The average molecular weight is 310 g/mol. The van der Waals surface area contributed by atoms with Gasteiger partial charge in [0.2, 0.25) is 0 Å². The summed E-state index contributed by atoms with van der Waals surface area (Å²) in [6.45, 7) is 8.34. The van der Waals surface area contributed by atoms with Gasteiger partial charge in [0.05, 0.1) is 6.04 Å². The van der Waals surface area contributed by atoms with Crippen molar-refractivity contribution >= 4 is 10.9 Å². The topological polar surface area (TPSA) is 58.0 Å². The number of fused-ring (bicyclic) bond motifs is 3. The van der Waals surface area contributed by atoms with Crippen LogP contribution >= 0.6 is 0 Å². The molecule has 2 aromatic heterocycles. The van der Waals surface area contributed by atoms with Crippen LogP contribution in [0.4, 0.5) is 0 Å². The number of aromatic amines is 1. The number of aryl methyl sites for hydroxylation is 1. The van der Waals surface area contributed by atoms with E-state index in [0.717, 1.165) is 30.9 Å². The third kappa shape index (κ3) is 2.36. The van der Waals surface area contributed by atoms with Crippen LogP contribution in [0.2, 0.25) is 0 Å². The first kappa shape index (κ1) is 14.5. The molecule has 120 valence electrons. The van der Waals surface area contributed by atoms with Crippen molar-refractivity contribution in [3.8, 4) is 0 Å². The molecule has 3 heterocycles. The molecule has 1 aliphatic rings. The van der Waals surface area contributed by atoms with Gasteiger partial charge < -0.3 is 4.98 Å². The van der Waals surface area contributed by atoms with Crippen molar-refractivity contribution in [3.63, 3.8) is 0 Å². The molecule has 0 radical (unpaired) electrons. The lowest BCUT2D eigenvalue weighted by atomic mass is 9.90. The van der Waals surface area contributed by atoms with Gasteiger partial charge in [0.15, 0.2) is 0 Å². The highest BCUT2D eigenvalue weighted by Crippen LogP contribution is 2.39. The lowest BCUT2D eigenvalue weighted by Crippen LogP contribution is -2.37. The summed E-state index contributed by atoms with van der Waals surface area (Å²) in [6.07, 6.45) is 1.06. The molecule has 0 aliphatic carbocycles. The molecular weight excluding hydrogens is 288 g/mol. The molecular formula is C18H22N4O. The Morgan fingerprint density at radius 2 is 2.13 bits per heavy atom. The molecule has 5 heteroatoms. The molecule has 5 nitrogen and oxygen atoms in total. The minimum atomic E-state index is 0.363. The molecule has 0 amide bonds. The summed E-state index contributed by atoms with van der Waals surface area (Å²) in [6, 6.07) is 8.97. The van der Waals surface area contributed by atoms with Crippen LogP contribution < -0.4 is 0 Å². The molecule has 3 aromatic rings. The average Bonchev–Trinajstić information content (AvgIpc) is 3.10. The zero-order valence-corrected chi connectivity index (χ0v) is 13.8. The van der Waals surface area contributed by atoms with Gasteiger partial charge in [-0.15, -0.1) is 0 Å². The quantitative estimate of drug-likeness (QED) is 0.803. The van der Waals surface area contributed by atoms with Crippen molar-refractivity contribution in [2.45, 2.75) is 39.8 Å². The fourth-order valence-electron chi connectivity index (χ4n) is 3.84. The fraction of sp³-hybridized carbons (Fsp3) is 0.444. The summed E-state index contributed by atoms with van der Waals surface area (Å²) in [5.41, 5.74) is 5.90. The van der Waals surface area contributed by atoms with Crippen molar-refractivity contribution in [2.24, 2.45) is 5.92 Å². The monoisotopic (exact) mass is 310 g/mol. The van der Waals surface area contributed by atoms with Crippen LogP contribution in [-0.4, -0.2) is 26.7 Å². The standard InChI is InChI=1S/C18H22N4O/c1-11(2)18-17-14(13-6-4-5-7-15(13)19-17)8-9-22(18)10-16-12(3)20-23-21-16/h4-7,11,18-19H,8-10H2,1-3H3. The molecule has 0 saturated heterocycles. The second-order valence-electron chi connectivity index (χ2n) is 6.77. The maximum absolute atomic E-state index is 4.87. The van der Waals surface area contributed by atoms with Gasteiger partial charge in [0, 0.05) is 29.7 Å². The van der Waals surface area contributed by atoms with E-state index >= 15 is 0 Å². The lowest BCUT2D eigenvalue weighted by Gasteiger charge is -2.37. The highest BCUT2D eigenvalue weighted by Gasteiger charge is 2.33. The number of benzene rings is 1. The first-order valence-corrected chi connectivity index (χ1v) is 8.26. The van der Waals surface area contributed by atoms with Gasteiger partial charge in [-0.05, 0) is 30.9 Å². The molecule has 0 bridgehead atoms. The van der Waals surface area contributed by atoms with Crippen molar-refractivity contribution in [1.82, 2.24) is 20.2 Å². The van der Waals surface area contributed by atoms with Crippen molar-refractivity contribution < 1.29 is 4.63 Å². The summed E-state index contributed by atoms with van der Waals surface area (Å²) in [7, 11) is 0. The third-order valence-corrected chi connectivity index (χ3v) is 4.92. The Morgan fingerprint density at radius 3 is 2.87 bits per heavy atom. The van der Waals surface area contributed by atoms with E-state index in [4.69, 9.17) is 4.63 Å². The molecule has 1 aliphatic heterocycles. The Morgan fingerprint density at radius 1 is 1.30 bits per heavy atom. The predicted octanol–water partition coefficient (Wildman–Crippen LogP) is 3.61. The molecule has 0 saturated carbocycles. The van der Waals surface area contributed by atoms with E-state index in [-0.39, 0.29) is 0 Å². The predicted molar refractivity (Wildman–Crippen MR) is 89.0 cm³/mol. The number of H-pyrrole nitrogens is 1. The smallest absolute Gasteiger partial charge is 0.122 e. The zero-order chi connectivity index (χ0) is 16.0. The molecule has 0 fully saturated rings. The third-order valence-electron chi connectivity index (χ3n) is 4.92. The second kappa shape index (κ2) is 5.49. The van der Waals surface area contributed by atoms with Crippen molar-refractivity contribution in [1.29, 1.82) is 0 Å². The zero-order valence-electron chi connectivity index (χ0n) is 13.8. The normalized spacial score (nSPS) is 18.7. The highest BCUT2D eigenvalue weighted by atomic mass is 16.6. The lowest BCUT2D eigenvalue weighted by molar-refractivity contribution is 0.129. The first-order chi connectivity index (χ1) is 11.1. The van der Waals surface area contributed by atoms with Crippen LogP contribution in [0.15, 0.2) is 28.9 Å². The second-order valence-corrected chi connectivity index (χ2v) is 6.77. The van der Waals surface area contributed by atoms with Crippen LogP contribution in [0.1, 0.15) is 42.5 Å². The Bertz CT molecular complexity index is 833. The molecule has 4 rings (SSSR count). The Balaban J connectivity index is 1.75. The van der Waals surface area contributed by atoms with E-state index in [1.165, 1.54) is 22.2 Å². The number of nitrogens with zero attached hydrogens (tertiary/aromatic N) is 3. The maximum Gasteiger partial charge on any atom is 0.122 e. The molecule has 23 heavy (non-hydrogen) atoms.